The van der Waals surface area contributed by atoms with E-state index in [0.29, 0.717) is 60.7 Å². The van der Waals surface area contributed by atoms with Gasteiger partial charge in [-0.15, -0.1) is 0 Å². The Hall–Kier alpha value is -2.77. The molecule has 3 aromatic rings. The molecule has 0 amide bonds. The monoisotopic (exact) mass is 615 g/mol. The Balaban J connectivity index is 0.972. The number of para-hydroxylation sites is 1. The van der Waals surface area contributed by atoms with Crippen LogP contribution in [0, 0.1) is 6.92 Å². The number of nitrogens with zero attached hydrogens (tertiary/aromatic N) is 2. The van der Waals surface area contributed by atoms with E-state index in [1.165, 1.54) is 10.5 Å². The third-order valence-corrected chi connectivity index (χ3v) is 12.8. The van der Waals surface area contributed by atoms with Crippen LogP contribution in [0.25, 0.3) is 10.9 Å². The topological polar surface area (TPSA) is 135 Å². The summed E-state index contributed by atoms with van der Waals surface area (Å²) in [6.45, 7) is 4.23. The number of hydrogen-bond acceptors (Lipinski definition) is 9. The second kappa shape index (κ2) is 11.4. The van der Waals surface area contributed by atoms with Gasteiger partial charge in [-0.05, 0) is 81.8 Å². The Morgan fingerprint density at radius 3 is 2.64 bits per heavy atom. The third kappa shape index (κ3) is 5.74. The summed E-state index contributed by atoms with van der Waals surface area (Å²) in [5, 5.41) is 14.5. The molecule has 2 saturated heterocycles. The molecule has 1 aliphatic carbocycles. The highest BCUT2D eigenvalue weighted by molar-refractivity contribution is 7.92. The Bertz CT molecular complexity index is 1680. The second-order valence-electron chi connectivity index (χ2n) is 11.6. The molecule has 1 spiro atoms. The zero-order valence-electron chi connectivity index (χ0n) is 23.7. The lowest BCUT2D eigenvalue weighted by Gasteiger charge is -2.38. The zero-order chi connectivity index (χ0) is 29.5. The van der Waals surface area contributed by atoms with Crippen molar-refractivity contribution in [3.63, 3.8) is 0 Å². The molecule has 3 aliphatic rings. The number of aromatic nitrogens is 1. The van der Waals surface area contributed by atoms with Crippen LogP contribution in [0.15, 0.2) is 58.5 Å². The quantitative estimate of drug-likeness (QED) is 0.328. The molecular weight excluding hydrogens is 578 g/mol. The van der Waals surface area contributed by atoms with Crippen molar-refractivity contribution in [2.24, 2.45) is 0 Å². The maximum Gasteiger partial charge on any atom is 0.248 e. The van der Waals surface area contributed by atoms with Crippen molar-refractivity contribution >= 4 is 30.8 Å². The zero-order valence-corrected chi connectivity index (χ0v) is 25.3. The molecule has 0 radical (unpaired) electrons. The molecule has 0 bridgehead atoms. The van der Waals surface area contributed by atoms with E-state index in [2.05, 4.69) is 10.3 Å². The second-order valence-corrected chi connectivity index (χ2v) is 15.8. The summed E-state index contributed by atoms with van der Waals surface area (Å²) in [5.41, 5.74) is 1.09. The van der Waals surface area contributed by atoms with Crippen molar-refractivity contribution in [3.05, 3.63) is 54.2 Å². The van der Waals surface area contributed by atoms with Crippen molar-refractivity contribution in [3.8, 4) is 11.5 Å². The van der Waals surface area contributed by atoms with Gasteiger partial charge in [0.2, 0.25) is 10.0 Å². The molecule has 2 aromatic carbocycles. The first kappa shape index (κ1) is 29.3. The minimum atomic E-state index is -3.91. The van der Waals surface area contributed by atoms with E-state index in [9.17, 15) is 21.9 Å². The highest BCUT2D eigenvalue weighted by Gasteiger charge is 2.45. The van der Waals surface area contributed by atoms with Crippen LogP contribution in [0.3, 0.4) is 0 Å². The third-order valence-electron chi connectivity index (χ3n) is 8.62. The SMILES string of the molecule is Cc1cccc2c(O)c(S(=O)(=O)N3CCC4(CC3)CC(NCCCOc3cccc(S(=O)(=O)C5CC5)c3)CO4)cnc12. The minimum absolute atomic E-state index is 0.164. The Kier molecular flexibility index (Phi) is 7.94. The van der Waals surface area contributed by atoms with Gasteiger partial charge in [0.05, 0.1) is 40.7 Å². The number of benzene rings is 2. The molecule has 12 heteroatoms. The number of sulfone groups is 1. The van der Waals surface area contributed by atoms with E-state index in [-0.39, 0.29) is 27.5 Å². The molecule has 3 fully saturated rings. The van der Waals surface area contributed by atoms with Gasteiger partial charge >= 0.3 is 0 Å². The highest BCUT2D eigenvalue weighted by atomic mass is 32.2. The van der Waals surface area contributed by atoms with Crippen LogP contribution in [-0.4, -0.2) is 81.0 Å². The fourth-order valence-corrected chi connectivity index (χ4v) is 9.18. The number of rotatable bonds is 10. The van der Waals surface area contributed by atoms with Gasteiger partial charge in [0.25, 0.3) is 0 Å². The maximum atomic E-state index is 13.4. The predicted octanol–water partition coefficient (Wildman–Crippen LogP) is 3.56. The summed E-state index contributed by atoms with van der Waals surface area (Å²) in [5.74, 6) is 0.301. The average molecular weight is 616 g/mol. The van der Waals surface area contributed by atoms with E-state index in [0.717, 1.165) is 37.8 Å². The highest BCUT2D eigenvalue weighted by Crippen LogP contribution is 2.39. The number of sulfonamides is 1. The van der Waals surface area contributed by atoms with Crippen molar-refractivity contribution in [1.29, 1.82) is 0 Å². The molecule has 10 nitrogen and oxygen atoms in total. The van der Waals surface area contributed by atoms with Crippen LogP contribution in [0.4, 0.5) is 0 Å². The van der Waals surface area contributed by atoms with Crippen LogP contribution >= 0.6 is 0 Å². The summed E-state index contributed by atoms with van der Waals surface area (Å²) >= 11 is 0. The average Bonchev–Trinajstić information content (AvgIpc) is 3.77. The van der Waals surface area contributed by atoms with E-state index in [4.69, 9.17) is 9.47 Å². The Labute approximate surface area is 247 Å². The number of pyridine rings is 1. The lowest BCUT2D eigenvalue weighted by molar-refractivity contribution is -0.0311. The summed E-state index contributed by atoms with van der Waals surface area (Å²) in [6, 6.07) is 12.2. The lowest BCUT2D eigenvalue weighted by Crippen LogP contribution is -2.46. The van der Waals surface area contributed by atoms with E-state index < -0.39 is 19.9 Å². The van der Waals surface area contributed by atoms with Crippen LogP contribution < -0.4 is 10.1 Å². The Morgan fingerprint density at radius 2 is 1.88 bits per heavy atom. The number of nitrogens with one attached hydrogen (secondary N) is 1. The van der Waals surface area contributed by atoms with Crippen molar-refractivity contribution < 1.29 is 31.4 Å². The molecule has 1 unspecified atom stereocenters. The fraction of sp³-hybridized carbons (Fsp3) is 0.500. The maximum absolute atomic E-state index is 13.4. The molecular formula is C30H37N3O7S2. The van der Waals surface area contributed by atoms with Gasteiger partial charge < -0.3 is 19.9 Å². The molecule has 2 N–H and O–H groups in total. The summed E-state index contributed by atoms with van der Waals surface area (Å²) < 4.78 is 65.3. The van der Waals surface area contributed by atoms with E-state index >= 15 is 0 Å². The van der Waals surface area contributed by atoms with Crippen molar-refractivity contribution in [2.45, 2.75) is 72.1 Å². The normalized spacial score (nSPS) is 21.2. The Morgan fingerprint density at radius 1 is 1.12 bits per heavy atom. The minimum Gasteiger partial charge on any atom is -0.506 e. The van der Waals surface area contributed by atoms with Gasteiger partial charge in [0.15, 0.2) is 9.84 Å². The van der Waals surface area contributed by atoms with Gasteiger partial charge in [-0.1, -0.05) is 18.2 Å². The van der Waals surface area contributed by atoms with Crippen molar-refractivity contribution in [1.82, 2.24) is 14.6 Å². The van der Waals surface area contributed by atoms with Crippen LogP contribution in [-0.2, 0) is 24.6 Å². The first-order valence-corrected chi connectivity index (χ1v) is 17.5. The largest absolute Gasteiger partial charge is 0.506 e. The van der Waals surface area contributed by atoms with Crippen LogP contribution in [0.1, 0.15) is 44.1 Å². The summed E-state index contributed by atoms with van der Waals surface area (Å²) in [4.78, 5) is 4.50. The lowest BCUT2D eigenvalue weighted by atomic mass is 9.88. The number of piperidine rings is 1. The smallest absolute Gasteiger partial charge is 0.248 e. The van der Waals surface area contributed by atoms with Gasteiger partial charge in [0.1, 0.15) is 16.4 Å². The van der Waals surface area contributed by atoms with E-state index in [1.54, 1.807) is 36.4 Å². The standard InChI is InChI=1S/C30H37N3O7S2/c1-21-5-2-8-26-28(21)32-19-27(29(26)34)42(37,38)33-14-11-30(12-15-33)18-22(20-40-30)31-13-4-16-39-23-6-3-7-25(17-23)41(35,36)24-9-10-24/h2-3,5-8,17,19,22,24,31H,4,9-16,18,20H2,1H3,(H,32,34). The number of hydrogen-bond donors (Lipinski definition) is 2. The molecule has 1 saturated carbocycles. The number of aryl methyl sites for hydroxylation is 1. The molecule has 2 aliphatic heterocycles. The molecule has 3 heterocycles. The van der Waals surface area contributed by atoms with Gasteiger partial charge in [-0.25, -0.2) is 16.8 Å². The van der Waals surface area contributed by atoms with Gasteiger partial charge in [0, 0.05) is 24.5 Å². The first-order valence-electron chi connectivity index (χ1n) is 14.5. The molecule has 226 valence electrons. The first-order chi connectivity index (χ1) is 20.1. The fourth-order valence-electron chi connectivity index (χ4n) is 6.00. The molecule has 42 heavy (non-hydrogen) atoms. The molecule has 6 rings (SSSR count). The number of aromatic hydroxyl groups is 1. The molecule has 1 aromatic heterocycles. The summed E-state index contributed by atoms with van der Waals surface area (Å²) in [6.07, 6.45) is 5.42. The van der Waals surface area contributed by atoms with Crippen LogP contribution in [0.5, 0.6) is 11.5 Å². The molecule has 1 atom stereocenters. The van der Waals surface area contributed by atoms with Gasteiger partial charge in [-0.3, -0.25) is 4.98 Å². The number of ether oxygens (including phenoxy) is 2. The summed E-state index contributed by atoms with van der Waals surface area (Å²) in [7, 11) is -7.15. The predicted molar refractivity (Wildman–Crippen MR) is 158 cm³/mol. The van der Waals surface area contributed by atoms with Crippen molar-refractivity contribution in [2.75, 3.05) is 32.8 Å². The van der Waals surface area contributed by atoms with Crippen LogP contribution in [0.2, 0.25) is 0 Å². The van der Waals surface area contributed by atoms with E-state index in [1.807, 2.05) is 13.0 Å². The van der Waals surface area contributed by atoms with Gasteiger partial charge in [-0.2, -0.15) is 4.31 Å². The number of fused-ring (bicyclic) bond motifs is 1.